The maximum atomic E-state index is 12.4. The van der Waals surface area contributed by atoms with Crippen LogP contribution in [0.25, 0.3) is 0 Å². The topological polar surface area (TPSA) is 268 Å². The van der Waals surface area contributed by atoms with Crippen molar-refractivity contribution in [2.75, 3.05) is 6.54 Å². The summed E-state index contributed by atoms with van der Waals surface area (Å²) in [6, 6.07) is -5.01. The maximum absolute atomic E-state index is 12.4. The maximum Gasteiger partial charge on any atom is 0.326 e. The Morgan fingerprint density at radius 3 is 1.70 bits per heavy atom. The number of primary amides is 1. The Hall–Kier alpha value is -3.75. The number of amides is 4. The van der Waals surface area contributed by atoms with Crippen molar-refractivity contribution >= 4 is 41.5 Å². The number of carboxylic acids is 3. The molecular weight excluding hydrogens is 410 g/mol. The van der Waals surface area contributed by atoms with Crippen molar-refractivity contribution in [1.29, 1.82) is 0 Å². The van der Waals surface area contributed by atoms with Gasteiger partial charge in [-0.2, -0.15) is 0 Å². The molecule has 15 heteroatoms. The van der Waals surface area contributed by atoms with Gasteiger partial charge in [0.1, 0.15) is 18.1 Å². The summed E-state index contributed by atoms with van der Waals surface area (Å²) < 4.78 is 0. The lowest BCUT2D eigenvalue weighted by Gasteiger charge is -2.23. The molecule has 0 aliphatic heterocycles. The molecule has 15 nitrogen and oxygen atoms in total. The molecule has 0 aromatic rings. The third-order valence-electron chi connectivity index (χ3n) is 3.52. The highest BCUT2D eigenvalue weighted by molar-refractivity contribution is 5.96. The summed E-state index contributed by atoms with van der Waals surface area (Å²) in [5, 5.41) is 32.5. The van der Waals surface area contributed by atoms with Crippen LogP contribution in [0.5, 0.6) is 0 Å². The molecule has 0 rings (SSSR count). The van der Waals surface area contributed by atoms with Crippen molar-refractivity contribution in [3.63, 3.8) is 0 Å². The van der Waals surface area contributed by atoms with E-state index in [-0.39, 0.29) is 6.42 Å². The molecule has 30 heavy (non-hydrogen) atoms. The first-order valence-corrected chi connectivity index (χ1v) is 8.42. The van der Waals surface area contributed by atoms with Crippen LogP contribution in [0.15, 0.2) is 0 Å². The van der Waals surface area contributed by atoms with Gasteiger partial charge < -0.3 is 42.7 Å². The molecule has 0 aromatic heterocycles. The van der Waals surface area contributed by atoms with Crippen LogP contribution in [-0.2, 0) is 33.6 Å². The Balaban J connectivity index is 5.44. The largest absolute Gasteiger partial charge is 0.481 e. The van der Waals surface area contributed by atoms with Gasteiger partial charge in [-0.1, -0.05) is 0 Å². The Kier molecular flexibility index (Phi) is 11.1. The molecule has 168 valence electrons. The summed E-state index contributed by atoms with van der Waals surface area (Å²) in [6.45, 7) is -0.516. The number of carboxylic acid groups (broad SMARTS) is 3. The number of rotatable bonds is 14. The van der Waals surface area contributed by atoms with Crippen LogP contribution in [0.2, 0.25) is 0 Å². The molecule has 0 aromatic carbocycles. The van der Waals surface area contributed by atoms with Crippen LogP contribution < -0.4 is 27.4 Å². The summed E-state index contributed by atoms with van der Waals surface area (Å²) in [5.74, 6) is -8.64. The first kappa shape index (κ1) is 26.2. The molecule has 0 heterocycles. The second-order valence-corrected chi connectivity index (χ2v) is 5.99. The quantitative estimate of drug-likeness (QED) is 0.130. The van der Waals surface area contributed by atoms with E-state index in [0.29, 0.717) is 0 Å². The number of hydrogen-bond acceptors (Lipinski definition) is 8. The average molecular weight is 433 g/mol. The standard InChI is InChI=1S/C15H23N5O10/c16-5-10(22)18-6(1-2-11(23)24)13(27)19-7(3-9(17)21)14(28)20-8(15(29)30)4-12(25)26/h6-8H,1-5,16H2,(H2,17,21)(H,18,22)(H,19,27)(H,20,28)(H,23,24)(H,25,26)(H,29,30). The van der Waals surface area contributed by atoms with Crippen LogP contribution in [0.1, 0.15) is 25.7 Å². The molecule has 0 saturated heterocycles. The van der Waals surface area contributed by atoms with Crippen molar-refractivity contribution < 1.29 is 48.9 Å². The fourth-order valence-corrected chi connectivity index (χ4v) is 2.12. The van der Waals surface area contributed by atoms with Gasteiger partial charge in [-0.25, -0.2) is 4.79 Å². The molecule has 10 N–H and O–H groups in total. The zero-order valence-corrected chi connectivity index (χ0v) is 15.6. The van der Waals surface area contributed by atoms with Gasteiger partial charge in [0.25, 0.3) is 0 Å². The smallest absolute Gasteiger partial charge is 0.326 e. The number of carbonyl (C=O) groups excluding carboxylic acids is 4. The highest BCUT2D eigenvalue weighted by Gasteiger charge is 2.31. The summed E-state index contributed by atoms with van der Waals surface area (Å²) >= 11 is 0. The minimum absolute atomic E-state index is 0.380. The lowest BCUT2D eigenvalue weighted by Crippen LogP contribution is -2.57. The van der Waals surface area contributed by atoms with E-state index in [9.17, 15) is 33.6 Å². The van der Waals surface area contributed by atoms with Crippen molar-refractivity contribution in [1.82, 2.24) is 16.0 Å². The first-order chi connectivity index (χ1) is 13.9. The first-order valence-electron chi connectivity index (χ1n) is 8.42. The van der Waals surface area contributed by atoms with Crippen LogP contribution in [0.3, 0.4) is 0 Å². The normalized spacial score (nSPS) is 13.2. The van der Waals surface area contributed by atoms with Crippen molar-refractivity contribution in [3.05, 3.63) is 0 Å². The number of nitrogens with two attached hydrogens (primary N) is 2. The summed E-state index contributed by atoms with van der Waals surface area (Å²) in [5.41, 5.74) is 10.1. The summed E-state index contributed by atoms with van der Waals surface area (Å²) in [7, 11) is 0. The van der Waals surface area contributed by atoms with Crippen molar-refractivity contribution in [2.24, 2.45) is 11.5 Å². The van der Waals surface area contributed by atoms with Gasteiger partial charge in [0, 0.05) is 6.42 Å². The Morgan fingerprint density at radius 1 is 0.733 bits per heavy atom. The highest BCUT2D eigenvalue weighted by Crippen LogP contribution is 2.02. The second kappa shape index (κ2) is 12.7. The lowest BCUT2D eigenvalue weighted by molar-refractivity contribution is -0.147. The average Bonchev–Trinajstić information content (AvgIpc) is 2.62. The molecule has 0 saturated carbocycles. The van der Waals surface area contributed by atoms with E-state index in [2.05, 4.69) is 10.6 Å². The van der Waals surface area contributed by atoms with Crippen molar-refractivity contribution in [3.8, 4) is 0 Å². The predicted molar refractivity (Wildman–Crippen MR) is 95.4 cm³/mol. The van der Waals surface area contributed by atoms with Gasteiger partial charge in [-0.15, -0.1) is 0 Å². The summed E-state index contributed by atoms with van der Waals surface area (Å²) in [6.07, 6.45) is -2.68. The Labute approximate surface area is 169 Å². The van der Waals surface area contributed by atoms with Gasteiger partial charge in [0.15, 0.2) is 0 Å². The van der Waals surface area contributed by atoms with Gasteiger partial charge in [-0.3, -0.25) is 28.8 Å². The molecular formula is C15H23N5O10. The minimum atomic E-state index is -1.86. The van der Waals surface area contributed by atoms with Crippen molar-refractivity contribution in [2.45, 2.75) is 43.8 Å². The molecule has 3 unspecified atom stereocenters. The van der Waals surface area contributed by atoms with E-state index < -0.39 is 85.5 Å². The zero-order chi connectivity index (χ0) is 23.4. The predicted octanol–water partition coefficient (Wildman–Crippen LogP) is -4.30. The summed E-state index contributed by atoms with van der Waals surface area (Å²) in [4.78, 5) is 79.9. The molecule has 0 aliphatic carbocycles. The third-order valence-corrected chi connectivity index (χ3v) is 3.52. The van der Waals surface area contributed by atoms with Gasteiger partial charge in [0.2, 0.25) is 23.6 Å². The van der Waals surface area contributed by atoms with E-state index >= 15 is 0 Å². The van der Waals surface area contributed by atoms with Gasteiger partial charge in [0.05, 0.1) is 19.4 Å². The second-order valence-electron chi connectivity index (χ2n) is 5.99. The Bertz CT molecular complexity index is 710. The van der Waals surface area contributed by atoms with E-state index in [0.717, 1.165) is 0 Å². The van der Waals surface area contributed by atoms with Crippen LogP contribution in [0.4, 0.5) is 0 Å². The SMILES string of the molecule is NCC(=O)NC(CCC(=O)O)C(=O)NC(CC(N)=O)C(=O)NC(CC(=O)O)C(=O)O. The monoisotopic (exact) mass is 433 g/mol. The molecule has 0 fully saturated rings. The Morgan fingerprint density at radius 2 is 1.27 bits per heavy atom. The highest BCUT2D eigenvalue weighted by atomic mass is 16.4. The van der Waals surface area contributed by atoms with Crippen LogP contribution >= 0.6 is 0 Å². The minimum Gasteiger partial charge on any atom is -0.481 e. The molecule has 4 amide bonds. The van der Waals surface area contributed by atoms with Gasteiger partial charge >= 0.3 is 17.9 Å². The van der Waals surface area contributed by atoms with Gasteiger partial charge in [-0.05, 0) is 6.42 Å². The molecule has 0 bridgehead atoms. The third kappa shape index (κ3) is 10.5. The van der Waals surface area contributed by atoms with Crippen LogP contribution in [0, 0.1) is 0 Å². The molecule has 0 radical (unpaired) electrons. The zero-order valence-electron chi connectivity index (χ0n) is 15.6. The molecule has 0 spiro atoms. The lowest BCUT2D eigenvalue weighted by atomic mass is 10.1. The number of hydrogen-bond donors (Lipinski definition) is 8. The van der Waals surface area contributed by atoms with E-state index in [4.69, 9.17) is 26.8 Å². The van der Waals surface area contributed by atoms with E-state index in [1.165, 1.54) is 0 Å². The number of carbonyl (C=O) groups is 7. The number of nitrogens with one attached hydrogen (secondary N) is 3. The fourth-order valence-electron chi connectivity index (χ4n) is 2.12. The molecule has 0 aliphatic rings. The number of aliphatic carboxylic acids is 3. The van der Waals surface area contributed by atoms with E-state index in [1.807, 2.05) is 5.32 Å². The molecule has 3 atom stereocenters. The van der Waals surface area contributed by atoms with Crippen LogP contribution in [-0.4, -0.2) is 81.5 Å². The fraction of sp³-hybridized carbons (Fsp3) is 0.533. The van der Waals surface area contributed by atoms with E-state index in [1.54, 1.807) is 0 Å².